The second kappa shape index (κ2) is 2.02. The molecule has 50 valence electrons. The fourth-order valence-electron chi connectivity index (χ4n) is 0.468. The van der Waals surface area contributed by atoms with Crippen molar-refractivity contribution in [2.45, 2.75) is 6.18 Å². The molecule has 1 aromatic rings. The van der Waals surface area contributed by atoms with Gasteiger partial charge in [0.2, 0.25) is 0 Å². The Bertz CT molecular complexity index is 175. The molecule has 9 heavy (non-hydrogen) atoms. The second-order valence-electron chi connectivity index (χ2n) is 1.52. The van der Waals surface area contributed by atoms with Gasteiger partial charge in [-0.3, -0.25) is 0 Å². The Balaban J connectivity index is 2.90. The maximum absolute atomic E-state index is 11.6. The van der Waals surface area contributed by atoms with E-state index in [4.69, 9.17) is 0 Å². The highest BCUT2D eigenvalue weighted by molar-refractivity contribution is 7.10. The predicted molar refractivity (Wildman–Crippen MR) is 30.7 cm³/mol. The first kappa shape index (κ1) is 6.61. The normalized spacial score (nSPS) is 11.9. The summed E-state index contributed by atoms with van der Waals surface area (Å²) < 4.78 is 34.9. The summed E-state index contributed by atoms with van der Waals surface area (Å²) in [6.45, 7) is 0. The van der Waals surface area contributed by atoms with Crippen molar-refractivity contribution in [2.75, 3.05) is 0 Å². The van der Waals surface area contributed by atoms with Crippen LogP contribution >= 0.6 is 11.3 Å². The minimum Gasteiger partial charge on any atom is -0.162 e. The lowest BCUT2D eigenvalue weighted by Crippen LogP contribution is -2.00. The Kier molecular flexibility index (Phi) is 1.48. The van der Waals surface area contributed by atoms with Crippen LogP contribution in [-0.2, 0) is 6.18 Å². The topological polar surface area (TPSA) is 0 Å². The lowest BCUT2D eigenvalue weighted by molar-refractivity contribution is -0.134. The van der Waals surface area contributed by atoms with Crippen LogP contribution in [0.15, 0.2) is 17.5 Å². The molecule has 0 spiro atoms. The van der Waals surface area contributed by atoms with E-state index in [9.17, 15) is 13.2 Å². The van der Waals surface area contributed by atoms with Crippen LogP contribution in [0.25, 0.3) is 0 Å². The summed E-state index contributed by atoms with van der Waals surface area (Å²) in [5.74, 6) is 0. The molecule has 0 saturated carbocycles. The number of hydrogen-bond acceptors (Lipinski definition) is 0. The molecule has 1 aromatic heterocycles. The lowest BCUT2D eigenvalue weighted by atomic mass is 10.5. The molecule has 0 aliphatic heterocycles. The van der Waals surface area contributed by atoms with Crippen LogP contribution in [0.4, 0.5) is 13.2 Å². The third kappa shape index (κ3) is 1.45. The monoisotopic (exact) mass is 153 g/mol. The van der Waals surface area contributed by atoms with Crippen molar-refractivity contribution in [3.63, 3.8) is 0 Å². The van der Waals surface area contributed by atoms with Gasteiger partial charge in [-0.2, -0.15) is 13.2 Å². The lowest BCUT2D eigenvalue weighted by Gasteiger charge is -1.94. The maximum atomic E-state index is 11.6. The Morgan fingerprint density at radius 3 is 2.22 bits per heavy atom. The molecular formula is C5H4F3S+. The zero-order valence-corrected chi connectivity index (χ0v) is 5.21. The van der Waals surface area contributed by atoms with Crippen LogP contribution in [0, 0.1) is 0 Å². The van der Waals surface area contributed by atoms with Crippen LogP contribution in [0.2, 0.25) is 0 Å². The van der Waals surface area contributed by atoms with E-state index >= 15 is 0 Å². The van der Waals surface area contributed by atoms with Crippen molar-refractivity contribution in [2.24, 2.45) is 0 Å². The van der Waals surface area contributed by atoms with E-state index in [1.807, 2.05) is 0 Å². The molecule has 4 heteroatoms. The summed E-state index contributed by atoms with van der Waals surface area (Å²) in [5.41, 5.74) is 0. The molecular weight excluding hydrogens is 149 g/mol. The van der Waals surface area contributed by atoms with Crippen molar-refractivity contribution >= 4 is 11.3 Å². The van der Waals surface area contributed by atoms with E-state index in [2.05, 4.69) is 0 Å². The number of alkyl halides is 3. The van der Waals surface area contributed by atoms with Gasteiger partial charge >= 0.3 is 6.18 Å². The first-order chi connectivity index (χ1) is 4.11. The number of hydrogen-bond donors (Lipinski definition) is 0. The third-order valence-corrected chi connectivity index (χ3v) is 1.85. The van der Waals surface area contributed by atoms with Crippen molar-refractivity contribution in [3.05, 3.63) is 22.4 Å². The van der Waals surface area contributed by atoms with Crippen LogP contribution < -0.4 is 0 Å². The highest BCUT2D eigenvalue weighted by Crippen LogP contribution is 2.32. The van der Waals surface area contributed by atoms with Gasteiger partial charge in [0, 0.05) is 6.07 Å². The summed E-state index contributed by atoms with van der Waals surface area (Å²) in [6.07, 6.45) is -4.13. The van der Waals surface area contributed by atoms with E-state index in [0.717, 1.165) is 6.07 Å². The Morgan fingerprint density at radius 1 is 1.33 bits per heavy atom. The van der Waals surface area contributed by atoms with Gasteiger partial charge in [-0.05, 0) is 17.4 Å². The summed E-state index contributed by atoms with van der Waals surface area (Å²) in [6, 6.07) is 2.49. The molecule has 0 fully saturated rings. The molecule has 0 aliphatic carbocycles. The molecule has 0 N–H and O–H groups in total. The Morgan fingerprint density at radius 2 is 2.00 bits per heavy atom. The highest BCUT2D eigenvalue weighted by Gasteiger charge is 2.36. The smallest absolute Gasteiger partial charge is 0.162 e. The summed E-state index contributed by atoms with van der Waals surface area (Å²) in [7, 11) is 0. The van der Waals surface area contributed by atoms with Gasteiger partial charge in [0.1, 0.15) is 5.38 Å². The van der Waals surface area contributed by atoms with Gasteiger partial charge in [-0.1, -0.05) is 0 Å². The van der Waals surface area contributed by atoms with E-state index in [1.165, 1.54) is 11.4 Å². The van der Waals surface area contributed by atoms with Gasteiger partial charge in [0.25, 0.3) is 4.88 Å². The van der Waals surface area contributed by atoms with Crippen LogP contribution in [-0.4, -0.2) is 0 Å². The van der Waals surface area contributed by atoms with Crippen LogP contribution in [0.1, 0.15) is 4.88 Å². The minimum absolute atomic E-state index is 0.256. The molecule has 0 nitrogen and oxygen atoms in total. The maximum Gasteiger partial charge on any atom is 0.465 e. The van der Waals surface area contributed by atoms with Gasteiger partial charge in [-0.25, -0.2) is 0 Å². The molecule has 0 aromatic carbocycles. The van der Waals surface area contributed by atoms with Crippen LogP contribution in [0.5, 0.6) is 0 Å². The molecule has 1 heterocycles. The number of thiophene rings is 1. The van der Waals surface area contributed by atoms with Gasteiger partial charge in [0.05, 0.1) is 0 Å². The standard InChI is InChI=1S/C5H3F3S/c6-5(7,8)4-2-1-3-9-4/h1-3H/p+1. The Hall–Kier alpha value is -0.510. The highest BCUT2D eigenvalue weighted by atomic mass is 32.1. The van der Waals surface area contributed by atoms with Crippen LogP contribution in [0.3, 0.4) is 0 Å². The van der Waals surface area contributed by atoms with E-state index in [-0.39, 0.29) is 11.3 Å². The van der Waals surface area contributed by atoms with Gasteiger partial charge in [-0.15, -0.1) is 0 Å². The molecule has 0 amide bonds. The average molecular weight is 153 g/mol. The fraction of sp³-hybridized carbons (Fsp3) is 0.200. The van der Waals surface area contributed by atoms with Crippen molar-refractivity contribution in [3.8, 4) is 0 Å². The quantitative estimate of drug-likeness (QED) is 0.502. The largest absolute Gasteiger partial charge is 0.465 e. The molecule has 0 bridgehead atoms. The molecule has 0 unspecified atom stereocenters. The zero-order valence-electron chi connectivity index (χ0n) is 4.31. The van der Waals surface area contributed by atoms with E-state index in [1.54, 1.807) is 0 Å². The molecule has 1 rings (SSSR count). The Labute approximate surface area is 53.9 Å². The molecule has 0 radical (unpaired) electrons. The summed E-state index contributed by atoms with van der Waals surface area (Å²) >= 11 is 0.256. The first-order valence-electron chi connectivity index (χ1n) is 2.25. The molecule has 0 aliphatic rings. The van der Waals surface area contributed by atoms with Gasteiger partial charge in [0.15, 0.2) is 0 Å². The SMILES string of the molecule is FC(F)(F)c1ccc[sH+]1. The molecule has 0 atom stereocenters. The number of halogens is 3. The predicted octanol–water partition coefficient (Wildman–Crippen LogP) is 2.50. The summed E-state index contributed by atoms with van der Waals surface area (Å²) in [5, 5.41) is 1.46. The zero-order chi connectivity index (χ0) is 6.91. The third-order valence-electron chi connectivity index (χ3n) is 0.844. The summed E-state index contributed by atoms with van der Waals surface area (Å²) in [4.78, 5) is -0.484. The fourth-order valence-corrected chi connectivity index (χ4v) is 1.12. The first-order valence-corrected chi connectivity index (χ1v) is 3.22. The van der Waals surface area contributed by atoms with Crippen molar-refractivity contribution in [1.82, 2.24) is 0 Å². The van der Waals surface area contributed by atoms with E-state index in [0.29, 0.717) is 0 Å². The van der Waals surface area contributed by atoms with Crippen molar-refractivity contribution in [1.29, 1.82) is 0 Å². The van der Waals surface area contributed by atoms with E-state index < -0.39 is 11.1 Å². The van der Waals surface area contributed by atoms with Gasteiger partial charge < -0.3 is 0 Å². The second-order valence-corrected chi connectivity index (χ2v) is 2.56. The minimum atomic E-state index is -4.13. The number of rotatable bonds is 0. The molecule has 0 saturated heterocycles. The average Bonchev–Trinajstić information content (AvgIpc) is 2.08. The van der Waals surface area contributed by atoms with Crippen molar-refractivity contribution < 1.29 is 13.2 Å².